The minimum atomic E-state index is -0.476. The van der Waals surface area contributed by atoms with Crippen molar-refractivity contribution in [3.05, 3.63) is 52.3 Å². The fourth-order valence-electron chi connectivity index (χ4n) is 3.08. The van der Waals surface area contributed by atoms with Gasteiger partial charge in [-0.25, -0.2) is 0 Å². The van der Waals surface area contributed by atoms with Gasteiger partial charge in [-0.15, -0.1) is 10.2 Å². The molecule has 0 spiro atoms. The lowest BCUT2D eigenvalue weighted by Gasteiger charge is -2.11. The summed E-state index contributed by atoms with van der Waals surface area (Å²) in [7, 11) is 0. The first-order valence-corrected chi connectivity index (χ1v) is 10.6. The molecule has 1 aromatic heterocycles. The van der Waals surface area contributed by atoms with Gasteiger partial charge in [-0.2, -0.15) is 0 Å². The zero-order chi connectivity index (χ0) is 22.7. The number of nitrogens with zero attached hydrogens (tertiary/aromatic N) is 2. The molecule has 32 heavy (non-hydrogen) atoms. The van der Waals surface area contributed by atoms with Gasteiger partial charge in [-0.1, -0.05) is 30.0 Å². The molecule has 10 nitrogen and oxygen atoms in total. The molecule has 2 heterocycles. The fraction of sp³-hybridized carbons (Fsp3) is 0.190. The van der Waals surface area contributed by atoms with Gasteiger partial charge in [-0.3, -0.25) is 19.4 Å². The van der Waals surface area contributed by atoms with Crippen LogP contribution in [0.4, 0.5) is 11.4 Å². The van der Waals surface area contributed by atoms with Crippen LogP contribution in [0.5, 0.6) is 11.5 Å². The van der Waals surface area contributed by atoms with Crippen molar-refractivity contribution in [2.45, 2.75) is 19.0 Å². The van der Waals surface area contributed by atoms with E-state index in [9.17, 15) is 14.4 Å². The Kier molecular flexibility index (Phi) is 6.08. The SMILES string of the molecule is CC(=O)Nc1c(C)cccc1-c1nnc(SCC(=O)Nc2ccc3c(c2)OCO3)[nH]c1=O. The van der Waals surface area contributed by atoms with Gasteiger partial charge < -0.3 is 20.1 Å². The molecule has 1 aliphatic heterocycles. The Labute approximate surface area is 186 Å². The number of amides is 2. The summed E-state index contributed by atoms with van der Waals surface area (Å²) < 4.78 is 10.5. The molecule has 2 aromatic carbocycles. The molecule has 164 valence electrons. The van der Waals surface area contributed by atoms with Gasteiger partial charge in [-0.05, 0) is 24.6 Å². The van der Waals surface area contributed by atoms with Crippen molar-refractivity contribution in [3.8, 4) is 22.8 Å². The van der Waals surface area contributed by atoms with Gasteiger partial charge in [0, 0.05) is 24.2 Å². The number of aromatic nitrogens is 3. The van der Waals surface area contributed by atoms with E-state index < -0.39 is 5.56 Å². The molecule has 0 bridgehead atoms. The highest BCUT2D eigenvalue weighted by atomic mass is 32.2. The lowest BCUT2D eigenvalue weighted by Crippen LogP contribution is -2.18. The van der Waals surface area contributed by atoms with Gasteiger partial charge >= 0.3 is 0 Å². The highest BCUT2D eigenvalue weighted by Gasteiger charge is 2.16. The molecule has 11 heteroatoms. The Morgan fingerprint density at radius 1 is 1.12 bits per heavy atom. The van der Waals surface area contributed by atoms with Crippen LogP contribution in [-0.2, 0) is 9.59 Å². The third-order valence-corrected chi connectivity index (χ3v) is 5.37. The number of hydrogen-bond acceptors (Lipinski definition) is 8. The Balaban J connectivity index is 1.44. The van der Waals surface area contributed by atoms with E-state index in [0.29, 0.717) is 28.4 Å². The highest BCUT2D eigenvalue weighted by Crippen LogP contribution is 2.34. The molecule has 0 unspecified atom stereocenters. The molecule has 0 saturated heterocycles. The first kappa shape index (κ1) is 21.4. The van der Waals surface area contributed by atoms with E-state index in [2.05, 4.69) is 25.8 Å². The number of benzene rings is 2. The molecule has 0 atom stereocenters. The topological polar surface area (TPSA) is 135 Å². The molecule has 0 radical (unpaired) electrons. The van der Waals surface area contributed by atoms with Crippen LogP contribution in [0.3, 0.4) is 0 Å². The van der Waals surface area contributed by atoms with Gasteiger partial charge in [0.2, 0.25) is 18.6 Å². The Hall–Kier alpha value is -3.86. The average Bonchev–Trinajstić information content (AvgIpc) is 3.22. The van der Waals surface area contributed by atoms with E-state index in [1.165, 1.54) is 6.92 Å². The third kappa shape index (κ3) is 4.72. The summed E-state index contributed by atoms with van der Waals surface area (Å²) in [5, 5.41) is 13.7. The molecular formula is C21H19N5O5S. The number of nitrogens with one attached hydrogen (secondary N) is 3. The zero-order valence-corrected chi connectivity index (χ0v) is 18.0. The lowest BCUT2D eigenvalue weighted by atomic mass is 10.1. The minimum absolute atomic E-state index is 0.0139. The van der Waals surface area contributed by atoms with E-state index in [-0.39, 0.29) is 35.2 Å². The van der Waals surface area contributed by atoms with E-state index in [4.69, 9.17) is 9.47 Å². The first-order chi connectivity index (χ1) is 15.4. The smallest absolute Gasteiger partial charge is 0.278 e. The number of thioether (sulfide) groups is 1. The van der Waals surface area contributed by atoms with E-state index in [1.807, 2.05) is 13.0 Å². The van der Waals surface area contributed by atoms with Crippen LogP contribution in [0, 0.1) is 6.92 Å². The maximum Gasteiger partial charge on any atom is 0.278 e. The maximum absolute atomic E-state index is 12.6. The highest BCUT2D eigenvalue weighted by molar-refractivity contribution is 7.99. The van der Waals surface area contributed by atoms with Crippen molar-refractivity contribution in [2.24, 2.45) is 0 Å². The van der Waals surface area contributed by atoms with E-state index >= 15 is 0 Å². The van der Waals surface area contributed by atoms with Crippen molar-refractivity contribution in [3.63, 3.8) is 0 Å². The number of aromatic amines is 1. The molecule has 1 aliphatic rings. The lowest BCUT2D eigenvalue weighted by molar-refractivity contribution is -0.114. The van der Waals surface area contributed by atoms with Crippen molar-refractivity contribution < 1.29 is 19.1 Å². The fourth-order valence-corrected chi connectivity index (χ4v) is 3.68. The number of aryl methyl sites for hydroxylation is 1. The monoisotopic (exact) mass is 453 g/mol. The number of carbonyl (C=O) groups is 2. The Morgan fingerprint density at radius 3 is 2.72 bits per heavy atom. The van der Waals surface area contributed by atoms with Crippen LogP contribution in [0.2, 0.25) is 0 Å². The van der Waals surface area contributed by atoms with Crippen molar-refractivity contribution in [2.75, 3.05) is 23.2 Å². The summed E-state index contributed by atoms with van der Waals surface area (Å²) in [6, 6.07) is 10.4. The molecule has 0 saturated carbocycles. The second kappa shape index (κ2) is 9.10. The molecule has 3 aromatic rings. The molecule has 3 N–H and O–H groups in total. The standard InChI is InChI=1S/C21H19N5O5S/c1-11-4-3-5-14(18(11)22-12(2)27)19-20(29)24-21(26-25-19)32-9-17(28)23-13-6-7-15-16(8-13)31-10-30-15/h3-8H,9-10H2,1-2H3,(H,22,27)(H,23,28)(H,24,26,29). The van der Waals surface area contributed by atoms with Crippen LogP contribution in [-0.4, -0.2) is 39.5 Å². The van der Waals surface area contributed by atoms with Crippen molar-refractivity contribution in [1.82, 2.24) is 15.2 Å². The number of anilines is 2. The second-order valence-electron chi connectivity index (χ2n) is 6.89. The molecular weight excluding hydrogens is 434 g/mol. The van der Waals surface area contributed by atoms with Gasteiger partial charge in [0.1, 0.15) is 0 Å². The van der Waals surface area contributed by atoms with Gasteiger partial charge in [0.15, 0.2) is 22.3 Å². The number of para-hydroxylation sites is 1. The third-order valence-electron chi connectivity index (χ3n) is 4.50. The van der Waals surface area contributed by atoms with Crippen molar-refractivity contribution >= 4 is 35.0 Å². The largest absolute Gasteiger partial charge is 0.454 e. The maximum atomic E-state index is 12.6. The molecule has 0 fully saturated rings. The summed E-state index contributed by atoms with van der Waals surface area (Å²) in [5.41, 5.74) is 1.93. The summed E-state index contributed by atoms with van der Waals surface area (Å²) in [4.78, 5) is 39.1. The normalized spacial score (nSPS) is 11.8. The number of ether oxygens (including phenoxy) is 2. The van der Waals surface area contributed by atoms with Crippen molar-refractivity contribution in [1.29, 1.82) is 0 Å². The van der Waals surface area contributed by atoms with Crippen LogP contribution in [0.1, 0.15) is 12.5 Å². The van der Waals surface area contributed by atoms with Crippen LogP contribution in [0.15, 0.2) is 46.3 Å². The minimum Gasteiger partial charge on any atom is -0.454 e. The first-order valence-electron chi connectivity index (χ1n) is 9.57. The number of carbonyl (C=O) groups excluding carboxylic acids is 2. The van der Waals surface area contributed by atoms with Gasteiger partial charge in [0.25, 0.3) is 5.56 Å². The van der Waals surface area contributed by atoms with Crippen LogP contribution >= 0.6 is 11.8 Å². The number of hydrogen-bond donors (Lipinski definition) is 3. The Morgan fingerprint density at radius 2 is 1.94 bits per heavy atom. The van der Waals surface area contributed by atoms with E-state index in [0.717, 1.165) is 17.3 Å². The zero-order valence-electron chi connectivity index (χ0n) is 17.2. The quantitative estimate of drug-likeness (QED) is 0.485. The average molecular weight is 453 g/mol. The predicted octanol–water partition coefficient (Wildman–Crippen LogP) is 2.56. The summed E-state index contributed by atoms with van der Waals surface area (Å²) >= 11 is 1.04. The Bertz CT molecular complexity index is 1260. The molecule has 0 aliphatic carbocycles. The number of fused-ring (bicyclic) bond motifs is 1. The summed E-state index contributed by atoms with van der Waals surface area (Å²) in [6.07, 6.45) is 0. The van der Waals surface area contributed by atoms with Gasteiger partial charge in [0.05, 0.1) is 11.4 Å². The second-order valence-corrected chi connectivity index (χ2v) is 7.86. The predicted molar refractivity (Wildman–Crippen MR) is 119 cm³/mol. The summed E-state index contributed by atoms with van der Waals surface area (Å²) in [5.74, 6) is 0.661. The van der Waals surface area contributed by atoms with Crippen LogP contribution < -0.4 is 25.7 Å². The number of rotatable bonds is 6. The molecule has 2 amide bonds. The summed E-state index contributed by atoms with van der Waals surface area (Å²) in [6.45, 7) is 3.36. The van der Waals surface area contributed by atoms with E-state index in [1.54, 1.807) is 30.3 Å². The molecule has 4 rings (SSSR count). The van der Waals surface area contributed by atoms with Crippen LogP contribution in [0.25, 0.3) is 11.3 Å². The number of H-pyrrole nitrogens is 1.